The lowest BCUT2D eigenvalue weighted by molar-refractivity contribution is -0.0298. The van der Waals surface area contributed by atoms with Crippen LogP contribution in [0.4, 0.5) is 0 Å². The molecule has 0 amide bonds. The first-order valence-corrected chi connectivity index (χ1v) is 10.0. The second-order valence-corrected chi connectivity index (χ2v) is 7.45. The number of nitrogens with zero attached hydrogens (tertiary/aromatic N) is 4. The highest BCUT2D eigenvalue weighted by molar-refractivity contribution is 7.98. The van der Waals surface area contributed by atoms with E-state index in [0.29, 0.717) is 20.9 Å². The molecule has 0 radical (unpaired) electrons. The maximum atomic E-state index is 6.40. The lowest BCUT2D eigenvalue weighted by Gasteiger charge is -2.23. The van der Waals surface area contributed by atoms with E-state index in [1.54, 1.807) is 18.5 Å². The van der Waals surface area contributed by atoms with Crippen molar-refractivity contribution in [1.29, 1.82) is 0 Å². The van der Waals surface area contributed by atoms with Crippen LogP contribution in [0.25, 0.3) is 22.4 Å². The van der Waals surface area contributed by atoms with Gasteiger partial charge in [-0.25, -0.2) is 15.0 Å². The summed E-state index contributed by atoms with van der Waals surface area (Å²) in [6, 6.07) is 5.38. The van der Waals surface area contributed by atoms with E-state index in [1.807, 2.05) is 16.9 Å². The summed E-state index contributed by atoms with van der Waals surface area (Å²) in [6.45, 7) is 0.765. The Bertz CT molecular complexity index is 924. The molecule has 8 heteroatoms. The number of hydrogen-bond acceptors (Lipinski definition) is 5. The van der Waals surface area contributed by atoms with E-state index in [9.17, 15) is 0 Å². The molecular formula is C17H16Cl2N4OS. The van der Waals surface area contributed by atoms with Crippen molar-refractivity contribution in [2.75, 3.05) is 12.9 Å². The van der Waals surface area contributed by atoms with Crippen LogP contribution in [-0.4, -0.2) is 32.4 Å². The molecule has 0 saturated carbocycles. The number of imidazole rings is 1. The van der Waals surface area contributed by atoms with Crippen molar-refractivity contribution in [2.45, 2.75) is 30.6 Å². The van der Waals surface area contributed by atoms with Crippen LogP contribution < -0.4 is 0 Å². The molecule has 1 atom stereocenters. The molecule has 5 nitrogen and oxygen atoms in total. The summed E-state index contributed by atoms with van der Waals surface area (Å²) in [5.41, 5.74) is 3.00. The highest BCUT2D eigenvalue weighted by Crippen LogP contribution is 2.35. The van der Waals surface area contributed by atoms with E-state index < -0.39 is 0 Å². The fourth-order valence-electron chi connectivity index (χ4n) is 3.01. The zero-order valence-electron chi connectivity index (χ0n) is 13.6. The number of aromatic nitrogens is 4. The Hall–Kier alpha value is -1.34. The molecule has 0 N–H and O–H groups in total. The third-order valence-corrected chi connectivity index (χ3v) is 5.33. The molecule has 1 aliphatic rings. The quantitative estimate of drug-likeness (QED) is 0.450. The Morgan fingerprint density at radius 2 is 2.12 bits per heavy atom. The molecule has 4 rings (SSSR count). The zero-order chi connectivity index (χ0) is 17.4. The average molecular weight is 395 g/mol. The first-order valence-electron chi connectivity index (χ1n) is 8.03. The molecule has 1 aliphatic heterocycles. The minimum Gasteiger partial charge on any atom is -0.358 e. The first-order chi connectivity index (χ1) is 12.2. The highest BCUT2D eigenvalue weighted by atomic mass is 35.5. The van der Waals surface area contributed by atoms with Crippen molar-refractivity contribution >= 4 is 46.1 Å². The van der Waals surface area contributed by atoms with Gasteiger partial charge in [-0.3, -0.25) is 4.57 Å². The van der Waals surface area contributed by atoms with Crippen LogP contribution in [0, 0.1) is 0 Å². The van der Waals surface area contributed by atoms with Gasteiger partial charge in [-0.2, -0.15) is 0 Å². The normalized spacial score (nSPS) is 18.0. The predicted octanol–water partition coefficient (Wildman–Crippen LogP) is 5.22. The largest absolute Gasteiger partial charge is 0.358 e. The number of rotatable bonds is 3. The molecule has 0 spiro atoms. The number of fused-ring (bicyclic) bond motifs is 1. The van der Waals surface area contributed by atoms with Gasteiger partial charge >= 0.3 is 0 Å². The van der Waals surface area contributed by atoms with Gasteiger partial charge in [-0.05, 0) is 43.7 Å². The summed E-state index contributed by atoms with van der Waals surface area (Å²) in [4.78, 5) is 13.9. The molecule has 2 aromatic heterocycles. The lowest BCUT2D eigenvalue weighted by Crippen LogP contribution is -2.17. The Morgan fingerprint density at radius 1 is 1.24 bits per heavy atom. The van der Waals surface area contributed by atoms with Crippen LogP contribution in [0.2, 0.25) is 10.0 Å². The number of hydrogen-bond donors (Lipinski definition) is 0. The van der Waals surface area contributed by atoms with Gasteiger partial charge in [0, 0.05) is 17.2 Å². The molecule has 130 valence electrons. The summed E-state index contributed by atoms with van der Waals surface area (Å²) in [5.74, 6) is 0. The summed E-state index contributed by atoms with van der Waals surface area (Å²) in [5, 5.41) is 1.80. The topological polar surface area (TPSA) is 52.8 Å². The molecule has 1 saturated heterocycles. The fraction of sp³-hybridized carbons (Fsp3) is 0.353. The maximum Gasteiger partial charge on any atom is 0.189 e. The number of benzene rings is 1. The Balaban J connectivity index is 1.91. The van der Waals surface area contributed by atoms with E-state index in [1.165, 1.54) is 11.8 Å². The van der Waals surface area contributed by atoms with Crippen molar-refractivity contribution in [3.63, 3.8) is 0 Å². The maximum absolute atomic E-state index is 6.40. The molecule has 25 heavy (non-hydrogen) atoms. The summed E-state index contributed by atoms with van der Waals surface area (Å²) in [7, 11) is 0. The average Bonchev–Trinajstić information content (AvgIpc) is 3.06. The van der Waals surface area contributed by atoms with Gasteiger partial charge in [0.2, 0.25) is 0 Å². The lowest BCUT2D eigenvalue weighted by atomic mass is 10.1. The van der Waals surface area contributed by atoms with Crippen molar-refractivity contribution in [3.8, 4) is 11.3 Å². The molecule has 1 unspecified atom stereocenters. The molecule has 0 aliphatic carbocycles. The molecular weight excluding hydrogens is 379 g/mol. The van der Waals surface area contributed by atoms with Gasteiger partial charge in [0.15, 0.2) is 10.8 Å². The minimum atomic E-state index is -0.0307. The summed E-state index contributed by atoms with van der Waals surface area (Å²) in [6.07, 6.45) is 6.90. The van der Waals surface area contributed by atoms with Crippen molar-refractivity contribution < 1.29 is 4.74 Å². The van der Waals surface area contributed by atoms with Crippen LogP contribution in [0.15, 0.2) is 29.7 Å². The van der Waals surface area contributed by atoms with Crippen LogP contribution in [-0.2, 0) is 4.74 Å². The highest BCUT2D eigenvalue weighted by Gasteiger charge is 2.22. The van der Waals surface area contributed by atoms with E-state index in [0.717, 1.165) is 42.6 Å². The smallest absolute Gasteiger partial charge is 0.189 e. The molecule has 3 aromatic rings. The van der Waals surface area contributed by atoms with Crippen LogP contribution in [0.3, 0.4) is 0 Å². The summed E-state index contributed by atoms with van der Waals surface area (Å²) < 4.78 is 7.90. The van der Waals surface area contributed by atoms with Gasteiger partial charge in [-0.15, -0.1) is 0 Å². The third-order valence-electron chi connectivity index (χ3n) is 4.24. The van der Waals surface area contributed by atoms with E-state index in [2.05, 4.69) is 15.0 Å². The standard InChI is InChI=1S/C17H16Cl2N4OS/c1-25-17-21-14(11-6-5-10(18)8-12(11)19)15-16(22-17)23(9-20-15)13-4-2-3-7-24-13/h5-6,8-9,13H,2-4,7H2,1H3. The third kappa shape index (κ3) is 3.24. The Kier molecular flexibility index (Phi) is 4.86. The SMILES string of the molecule is CSc1nc(-c2ccc(Cl)cc2Cl)c2ncn(C3CCCCO3)c2n1. The van der Waals surface area contributed by atoms with Crippen LogP contribution >= 0.6 is 35.0 Å². The van der Waals surface area contributed by atoms with Crippen molar-refractivity contribution in [2.24, 2.45) is 0 Å². The predicted molar refractivity (Wildman–Crippen MR) is 101 cm³/mol. The zero-order valence-corrected chi connectivity index (χ0v) is 15.9. The molecule has 1 aromatic carbocycles. The van der Waals surface area contributed by atoms with Crippen LogP contribution in [0.1, 0.15) is 25.5 Å². The van der Waals surface area contributed by atoms with Gasteiger partial charge in [0.05, 0.1) is 11.3 Å². The Labute approximate surface area is 159 Å². The number of ether oxygens (including phenoxy) is 1. The molecule has 3 heterocycles. The summed E-state index contributed by atoms with van der Waals surface area (Å²) >= 11 is 13.9. The Morgan fingerprint density at radius 3 is 2.84 bits per heavy atom. The monoisotopic (exact) mass is 394 g/mol. The fourth-order valence-corrected chi connectivity index (χ4v) is 3.87. The van der Waals surface area contributed by atoms with E-state index in [4.69, 9.17) is 27.9 Å². The minimum absolute atomic E-state index is 0.0307. The van der Waals surface area contributed by atoms with Gasteiger partial charge in [-0.1, -0.05) is 35.0 Å². The second kappa shape index (κ2) is 7.11. The van der Waals surface area contributed by atoms with Gasteiger partial charge in [0.25, 0.3) is 0 Å². The first kappa shape index (κ1) is 17.1. The number of thioether (sulfide) groups is 1. The van der Waals surface area contributed by atoms with Gasteiger partial charge in [0.1, 0.15) is 17.4 Å². The van der Waals surface area contributed by atoms with E-state index >= 15 is 0 Å². The van der Waals surface area contributed by atoms with Crippen molar-refractivity contribution in [1.82, 2.24) is 19.5 Å². The molecule has 0 bridgehead atoms. The van der Waals surface area contributed by atoms with Gasteiger partial charge < -0.3 is 4.74 Å². The number of halogens is 2. The molecule has 1 fully saturated rings. The van der Waals surface area contributed by atoms with Crippen molar-refractivity contribution in [3.05, 3.63) is 34.6 Å². The van der Waals surface area contributed by atoms with Crippen LogP contribution in [0.5, 0.6) is 0 Å². The van der Waals surface area contributed by atoms with E-state index in [-0.39, 0.29) is 6.23 Å². The second-order valence-electron chi connectivity index (χ2n) is 5.83.